The van der Waals surface area contributed by atoms with Gasteiger partial charge in [0.2, 0.25) is 5.95 Å². The first kappa shape index (κ1) is 14.8. The van der Waals surface area contributed by atoms with Gasteiger partial charge in [-0.15, -0.1) is 16.4 Å². The lowest BCUT2D eigenvalue weighted by atomic mass is 10.2. The number of aryl methyl sites for hydroxylation is 4. The number of nitrogens with zero attached hydrogens (tertiary/aromatic N) is 4. The first-order valence-corrected chi connectivity index (χ1v) is 7.98. The molecule has 0 unspecified atom stereocenters. The summed E-state index contributed by atoms with van der Waals surface area (Å²) in [4.78, 5) is 8.97. The predicted octanol–water partition coefficient (Wildman–Crippen LogP) is 2.81. The minimum absolute atomic E-state index is 0.634. The van der Waals surface area contributed by atoms with E-state index < -0.39 is 0 Å². The summed E-state index contributed by atoms with van der Waals surface area (Å²) >= 11 is 1.72. The molecule has 0 radical (unpaired) electrons. The molecule has 0 bridgehead atoms. The van der Waals surface area contributed by atoms with Crippen molar-refractivity contribution in [1.82, 2.24) is 20.2 Å². The zero-order valence-electron chi connectivity index (χ0n) is 12.3. The third kappa shape index (κ3) is 3.96. The van der Waals surface area contributed by atoms with E-state index in [2.05, 4.69) is 44.7 Å². The van der Waals surface area contributed by atoms with E-state index in [1.165, 1.54) is 5.01 Å². The minimum atomic E-state index is 0.634. The Kier molecular flexibility index (Phi) is 5.40. The highest BCUT2D eigenvalue weighted by Crippen LogP contribution is 2.11. The van der Waals surface area contributed by atoms with Gasteiger partial charge in [0, 0.05) is 24.0 Å². The highest BCUT2D eigenvalue weighted by Gasteiger charge is 2.05. The second-order valence-corrected chi connectivity index (χ2v) is 5.59. The molecule has 0 aromatic carbocycles. The van der Waals surface area contributed by atoms with E-state index in [0.29, 0.717) is 5.95 Å². The van der Waals surface area contributed by atoms with Crippen molar-refractivity contribution >= 4 is 17.3 Å². The van der Waals surface area contributed by atoms with Crippen molar-refractivity contribution in [3.05, 3.63) is 27.5 Å². The molecule has 0 aliphatic carbocycles. The molecule has 6 heteroatoms. The molecule has 2 aromatic heterocycles. The average Bonchev–Trinajstić information content (AvgIpc) is 2.89. The minimum Gasteiger partial charge on any atom is -0.353 e. The van der Waals surface area contributed by atoms with Gasteiger partial charge in [-0.05, 0) is 26.2 Å². The van der Waals surface area contributed by atoms with Crippen molar-refractivity contribution < 1.29 is 0 Å². The van der Waals surface area contributed by atoms with Gasteiger partial charge in [0.15, 0.2) is 0 Å². The molecule has 0 aliphatic heterocycles. The van der Waals surface area contributed by atoms with E-state index in [1.807, 2.05) is 6.92 Å². The Balaban J connectivity index is 1.82. The summed E-state index contributed by atoms with van der Waals surface area (Å²) in [5.74, 6) is 0.634. The molecule has 0 atom stereocenters. The van der Waals surface area contributed by atoms with Gasteiger partial charge in [0.05, 0.1) is 16.4 Å². The van der Waals surface area contributed by atoms with Gasteiger partial charge in [-0.2, -0.15) is 5.10 Å². The standard InChI is InChI=1S/C14H21N5S/c1-4-11-12(5-2)18-19-14(17-11)15-8-6-7-13-16-10(3)9-20-13/h9H,4-8H2,1-3H3,(H,15,17,19). The van der Waals surface area contributed by atoms with E-state index in [9.17, 15) is 0 Å². The van der Waals surface area contributed by atoms with Crippen molar-refractivity contribution in [2.75, 3.05) is 11.9 Å². The molecule has 5 nitrogen and oxygen atoms in total. The maximum atomic E-state index is 4.51. The molecule has 0 fully saturated rings. The average molecular weight is 291 g/mol. The zero-order chi connectivity index (χ0) is 14.4. The first-order chi connectivity index (χ1) is 9.72. The van der Waals surface area contributed by atoms with E-state index in [-0.39, 0.29) is 0 Å². The van der Waals surface area contributed by atoms with Crippen LogP contribution in [-0.2, 0) is 19.3 Å². The molecular weight excluding hydrogens is 270 g/mol. The van der Waals surface area contributed by atoms with Crippen LogP contribution in [0, 0.1) is 6.92 Å². The summed E-state index contributed by atoms with van der Waals surface area (Å²) in [7, 11) is 0. The van der Waals surface area contributed by atoms with Crippen molar-refractivity contribution in [3.8, 4) is 0 Å². The Morgan fingerprint density at radius 2 is 1.90 bits per heavy atom. The third-order valence-electron chi connectivity index (χ3n) is 3.03. The smallest absolute Gasteiger partial charge is 0.242 e. The molecule has 0 amide bonds. The molecule has 0 saturated heterocycles. The van der Waals surface area contributed by atoms with Crippen LogP contribution >= 0.6 is 11.3 Å². The summed E-state index contributed by atoms with van der Waals surface area (Å²) < 4.78 is 0. The summed E-state index contributed by atoms with van der Waals surface area (Å²) in [6, 6.07) is 0. The maximum absolute atomic E-state index is 4.51. The Bertz CT molecular complexity index is 552. The second kappa shape index (κ2) is 7.28. The monoisotopic (exact) mass is 291 g/mol. The quantitative estimate of drug-likeness (QED) is 0.795. The summed E-state index contributed by atoms with van der Waals surface area (Å²) in [6.45, 7) is 7.04. The summed E-state index contributed by atoms with van der Waals surface area (Å²) in [5.41, 5.74) is 3.14. The van der Waals surface area contributed by atoms with Crippen LogP contribution in [0.2, 0.25) is 0 Å². The van der Waals surface area contributed by atoms with Crippen LogP contribution in [0.25, 0.3) is 0 Å². The fourth-order valence-corrected chi connectivity index (χ4v) is 2.79. The van der Waals surface area contributed by atoms with Crippen LogP contribution in [0.3, 0.4) is 0 Å². The number of aromatic nitrogens is 4. The topological polar surface area (TPSA) is 63.6 Å². The zero-order valence-corrected chi connectivity index (χ0v) is 13.1. The molecule has 2 rings (SSSR count). The van der Waals surface area contributed by atoms with Crippen LogP contribution in [0.15, 0.2) is 5.38 Å². The molecule has 0 spiro atoms. The van der Waals surface area contributed by atoms with E-state index in [4.69, 9.17) is 0 Å². The number of rotatable bonds is 7. The van der Waals surface area contributed by atoms with Crippen LogP contribution < -0.4 is 5.32 Å². The SMILES string of the molecule is CCc1nnc(NCCCc2nc(C)cs2)nc1CC. The molecule has 20 heavy (non-hydrogen) atoms. The van der Waals surface area contributed by atoms with Crippen molar-refractivity contribution in [1.29, 1.82) is 0 Å². The molecular formula is C14H21N5S. The molecule has 2 aromatic rings. The van der Waals surface area contributed by atoms with E-state index >= 15 is 0 Å². The lowest BCUT2D eigenvalue weighted by Crippen LogP contribution is -2.11. The molecule has 0 aliphatic rings. The summed E-state index contributed by atoms with van der Waals surface area (Å²) in [5, 5.41) is 14.9. The van der Waals surface area contributed by atoms with E-state index in [1.54, 1.807) is 11.3 Å². The van der Waals surface area contributed by atoms with Crippen LogP contribution in [0.1, 0.15) is 42.4 Å². The van der Waals surface area contributed by atoms with Crippen LogP contribution in [0.5, 0.6) is 0 Å². The van der Waals surface area contributed by atoms with Crippen molar-refractivity contribution in [3.63, 3.8) is 0 Å². The van der Waals surface area contributed by atoms with E-state index in [0.717, 1.165) is 49.3 Å². The van der Waals surface area contributed by atoms with Gasteiger partial charge in [0.25, 0.3) is 0 Å². The maximum Gasteiger partial charge on any atom is 0.242 e. The van der Waals surface area contributed by atoms with Crippen molar-refractivity contribution in [2.45, 2.75) is 46.5 Å². The van der Waals surface area contributed by atoms with Gasteiger partial charge in [-0.25, -0.2) is 9.97 Å². The Morgan fingerprint density at radius 1 is 1.10 bits per heavy atom. The summed E-state index contributed by atoms with van der Waals surface area (Å²) in [6.07, 6.45) is 3.79. The third-order valence-corrected chi connectivity index (χ3v) is 4.05. The van der Waals surface area contributed by atoms with Crippen molar-refractivity contribution in [2.24, 2.45) is 0 Å². The van der Waals surface area contributed by atoms with Gasteiger partial charge < -0.3 is 5.32 Å². The highest BCUT2D eigenvalue weighted by molar-refractivity contribution is 7.09. The first-order valence-electron chi connectivity index (χ1n) is 7.10. The number of nitrogens with one attached hydrogen (secondary N) is 1. The largest absolute Gasteiger partial charge is 0.353 e. The second-order valence-electron chi connectivity index (χ2n) is 4.65. The van der Waals surface area contributed by atoms with Crippen LogP contribution in [0.4, 0.5) is 5.95 Å². The fraction of sp³-hybridized carbons (Fsp3) is 0.571. The predicted molar refractivity (Wildman–Crippen MR) is 82.2 cm³/mol. The Morgan fingerprint density at radius 3 is 2.55 bits per heavy atom. The Hall–Kier alpha value is -1.56. The lowest BCUT2D eigenvalue weighted by molar-refractivity contribution is 0.798. The Labute approximate surface area is 123 Å². The fourth-order valence-electron chi connectivity index (χ4n) is 1.97. The number of thiazole rings is 1. The van der Waals surface area contributed by atoms with Gasteiger partial charge in [0.1, 0.15) is 0 Å². The number of hydrogen-bond donors (Lipinski definition) is 1. The molecule has 1 N–H and O–H groups in total. The molecule has 0 saturated carbocycles. The lowest BCUT2D eigenvalue weighted by Gasteiger charge is -2.07. The normalized spacial score (nSPS) is 10.8. The number of hydrogen-bond acceptors (Lipinski definition) is 6. The number of anilines is 1. The van der Waals surface area contributed by atoms with Crippen LogP contribution in [-0.4, -0.2) is 26.7 Å². The highest BCUT2D eigenvalue weighted by atomic mass is 32.1. The van der Waals surface area contributed by atoms with Gasteiger partial charge in [-0.1, -0.05) is 13.8 Å². The molecule has 108 valence electrons. The van der Waals surface area contributed by atoms with Gasteiger partial charge >= 0.3 is 0 Å². The molecule has 2 heterocycles. The van der Waals surface area contributed by atoms with Gasteiger partial charge in [-0.3, -0.25) is 0 Å².